The normalized spacial score (nSPS) is 12.3. The Balaban J connectivity index is 3.67. The number of rotatable bonds is 11. The van der Waals surface area contributed by atoms with Gasteiger partial charge in [0.2, 0.25) is 29.4 Å². The zero-order chi connectivity index (χ0) is 14.0. The van der Waals surface area contributed by atoms with Crippen LogP contribution in [0.2, 0.25) is 0 Å². The zero-order valence-electron chi connectivity index (χ0n) is 7.58. The van der Waals surface area contributed by atoms with Crippen molar-refractivity contribution in [1.82, 2.24) is 0 Å². The SMILES string of the molecule is OOO[O+](O)O[O+](O)OO[O+](O)O[O+](O)OOO. The third-order valence-corrected chi connectivity index (χ3v) is 0.554. The van der Waals surface area contributed by atoms with Crippen LogP contribution in [0.15, 0.2) is 0 Å². The average Bonchev–Trinajstić information content (AvgIpc) is 2.27. The van der Waals surface area contributed by atoms with E-state index in [1.807, 2.05) is 0 Å². The minimum absolute atomic E-state index is 0.0745. The first kappa shape index (κ1) is 17.3. The highest BCUT2D eigenvalue weighted by molar-refractivity contribution is 3.23. The first-order valence-electron chi connectivity index (χ1n) is 2.93. The molecular weight excluding hydrogens is 288 g/mol. The summed E-state index contributed by atoms with van der Waals surface area (Å²) in [6, 6.07) is 0. The molecular formula is H6O18+4. The van der Waals surface area contributed by atoms with E-state index in [4.69, 9.17) is 31.5 Å². The Labute approximate surface area is 92.6 Å². The van der Waals surface area contributed by atoms with Crippen molar-refractivity contribution in [2.75, 3.05) is 0 Å². The molecule has 0 fully saturated rings. The van der Waals surface area contributed by atoms with Crippen LogP contribution < -0.4 is 0 Å². The second kappa shape index (κ2) is 10.2. The minimum Gasteiger partial charge on any atom is -0.215 e. The van der Waals surface area contributed by atoms with Crippen molar-refractivity contribution < 1.29 is 91.1 Å². The van der Waals surface area contributed by atoms with Crippen molar-refractivity contribution in [3.63, 3.8) is 0 Å². The third kappa shape index (κ3) is 9.32. The Bertz CT molecular complexity index is 153. The van der Waals surface area contributed by atoms with Crippen LogP contribution in [0.5, 0.6) is 0 Å². The fraction of sp³-hybridized carbons (Fsp3) is 0. The highest BCUT2D eigenvalue weighted by atomic mass is 18.2. The van der Waals surface area contributed by atoms with E-state index in [1.54, 1.807) is 0 Å². The van der Waals surface area contributed by atoms with E-state index in [0.717, 1.165) is 0 Å². The molecule has 18 nitrogen and oxygen atoms in total. The van der Waals surface area contributed by atoms with Gasteiger partial charge in [-0.2, -0.15) is 0 Å². The van der Waals surface area contributed by atoms with E-state index in [0.29, 0.717) is 0 Å². The van der Waals surface area contributed by atoms with Gasteiger partial charge >= 0.3 is 10.1 Å². The molecule has 0 spiro atoms. The molecule has 0 radical (unpaired) electrons. The van der Waals surface area contributed by atoms with Gasteiger partial charge in [0, 0.05) is 10.1 Å². The summed E-state index contributed by atoms with van der Waals surface area (Å²) >= 11 is 0. The summed E-state index contributed by atoms with van der Waals surface area (Å²) < 4.78 is 0. The molecule has 110 valence electrons. The van der Waals surface area contributed by atoms with Crippen molar-refractivity contribution in [2.24, 2.45) is 0 Å². The van der Waals surface area contributed by atoms with Crippen LogP contribution in [0.1, 0.15) is 0 Å². The Kier molecular flexibility index (Phi) is 9.82. The van der Waals surface area contributed by atoms with E-state index in [1.165, 1.54) is 0 Å². The Morgan fingerprint density at radius 2 is 0.778 bits per heavy atom. The van der Waals surface area contributed by atoms with Crippen molar-refractivity contribution in [2.45, 2.75) is 0 Å². The molecule has 0 saturated carbocycles. The molecule has 0 rings (SSSR count). The van der Waals surface area contributed by atoms with Gasteiger partial charge in [0.05, 0.1) is 0 Å². The van der Waals surface area contributed by atoms with E-state index in [2.05, 4.69) is 40.3 Å². The van der Waals surface area contributed by atoms with Crippen LogP contribution in [0.25, 0.3) is 0 Å². The van der Waals surface area contributed by atoms with E-state index < -0.39 is 0 Å². The van der Waals surface area contributed by atoms with Gasteiger partial charge in [0.15, 0.2) is 0 Å². The summed E-state index contributed by atoms with van der Waals surface area (Å²) in [6.45, 7) is 0. The summed E-state index contributed by atoms with van der Waals surface area (Å²) in [6.07, 6.45) is 0. The predicted molar refractivity (Wildman–Crippen MR) is 28.8 cm³/mol. The van der Waals surface area contributed by atoms with Gasteiger partial charge in [-0.05, 0) is 21.0 Å². The molecule has 0 bridgehead atoms. The molecule has 0 aliphatic carbocycles. The lowest BCUT2D eigenvalue weighted by molar-refractivity contribution is -1.10. The van der Waals surface area contributed by atoms with Gasteiger partial charge in [-0.15, -0.1) is 0 Å². The third-order valence-electron chi connectivity index (χ3n) is 0.554. The largest absolute Gasteiger partial charge is 0.398 e. The smallest absolute Gasteiger partial charge is 0.215 e. The van der Waals surface area contributed by atoms with Crippen molar-refractivity contribution in [1.29, 1.82) is 0 Å². The molecule has 0 heterocycles. The van der Waals surface area contributed by atoms with E-state index in [-0.39, 0.29) is 19.3 Å². The maximum absolute atomic E-state index is 8.39. The monoisotopic (exact) mass is 294 g/mol. The van der Waals surface area contributed by atoms with Gasteiger partial charge in [-0.1, -0.05) is 0 Å². The van der Waals surface area contributed by atoms with Gasteiger partial charge in [0.25, 0.3) is 10.1 Å². The fourth-order valence-corrected chi connectivity index (χ4v) is 0.245. The predicted octanol–water partition coefficient (Wildman–Crippen LogP) is -0.769. The second-order valence-electron chi connectivity index (χ2n) is 1.43. The second-order valence-corrected chi connectivity index (χ2v) is 1.43. The standard InChI is InChI=1S/H4O18/c1-7-9-15(3)13-17(5)11-12-18(6)14-16(4)10-8-2/h3-6H/q+2/p+2. The van der Waals surface area contributed by atoms with Crippen molar-refractivity contribution in [3.05, 3.63) is 0 Å². The van der Waals surface area contributed by atoms with Gasteiger partial charge in [-0.25, -0.2) is 10.5 Å². The molecule has 0 atom stereocenters. The summed E-state index contributed by atoms with van der Waals surface area (Å²) in [7, 11) is 0. The lowest BCUT2D eigenvalue weighted by Gasteiger charge is -1.93. The van der Waals surface area contributed by atoms with Crippen LogP contribution in [0.3, 0.4) is 0 Å². The maximum Gasteiger partial charge on any atom is 0.398 e. The first-order chi connectivity index (χ1) is 8.49. The summed E-state index contributed by atoms with van der Waals surface area (Å²) in [5.41, 5.74) is 0. The fourth-order valence-electron chi connectivity index (χ4n) is 0.245. The summed E-state index contributed by atoms with van der Waals surface area (Å²) in [5.74, 6) is 0. The molecule has 18 heteroatoms. The number of hydrogen-bond acceptors (Lipinski definition) is 14. The highest BCUT2D eigenvalue weighted by Gasteiger charge is 2.41. The molecule has 0 aliphatic rings. The van der Waals surface area contributed by atoms with Crippen LogP contribution in [-0.2, 0) is 59.6 Å². The van der Waals surface area contributed by atoms with Gasteiger partial charge in [0.1, 0.15) is 0 Å². The Morgan fingerprint density at radius 1 is 0.500 bits per heavy atom. The van der Waals surface area contributed by atoms with E-state index >= 15 is 0 Å². The van der Waals surface area contributed by atoms with Gasteiger partial charge in [-0.3, -0.25) is 0 Å². The molecule has 0 aromatic heterocycles. The first-order valence-corrected chi connectivity index (χ1v) is 2.93. The Hall–Kier alpha value is -0.720. The summed E-state index contributed by atoms with van der Waals surface area (Å²) in [4.78, 5) is -0.354. The molecule has 0 aliphatic heterocycles. The molecule has 6 N–H and O–H groups in total. The van der Waals surface area contributed by atoms with Crippen LogP contribution in [0, 0.1) is 0 Å². The molecule has 0 aromatic rings. The molecule has 0 saturated heterocycles. The lowest BCUT2D eigenvalue weighted by atomic mass is 13.8. The van der Waals surface area contributed by atoms with Gasteiger partial charge < -0.3 is 0 Å². The van der Waals surface area contributed by atoms with E-state index in [9.17, 15) is 0 Å². The highest BCUT2D eigenvalue weighted by Crippen LogP contribution is 2.08. The molecule has 0 amide bonds. The Morgan fingerprint density at radius 3 is 1.06 bits per heavy atom. The quantitative estimate of drug-likeness (QED) is 0.157. The van der Waals surface area contributed by atoms with Crippen LogP contribution in [0.4, 0.5) is 0 Å². The minimum atomic E-state index is -0.102. The van der Waals surface area contributed by atoms with Crippen molar-refractivity contribution in [3.8, 4) is 0 Å². The lowest BCUT2D eigenvalue weighted by Crippen LogP contribution is -2.25. The summed E-state index contributed by atoms with van der Waals surface area (Å²) in [5, 5.41) is 73.7. The number of hydrogen-bond donors (Lipinski definition) is 6. The average molecular weight is 294 g/mol. The molecule has 0 unspecified atom stereocenters. The van der Waals surface area contributed by atoms with Crippen molar-refractivity contribution >= 4 is 0 Å². The molecule has 0 aromatic carbocycles. The molecule has 18 heavy (non-hydrogen) atoms. The maximum atomic E-state index is 8.39. The topological polar surface area (TPSA) is 206 Å². The van der Waals surface area contributed by atoms with Crippen LogP contribution in [-0.4, -0.2) is 31.5 Å². The van der Waals surface area contributed by atoms with Crippen LogP contribution >= 0.6 is 0 Å². The zero-order valence-corrected chi connectivity index (χ0v) is 7.58.